The van der Waals surface area contributed by atoms with Crippen molar-refractivity contribution in [1.82, 2.24) is 9.88 Å². The lowest BCUT2D eigenvalue weighted by Crippen LogP contribution is -2.19. The van der Waals surface area contributed by atoms with E-state index in [0.29, 0.717) is 10.1 Å². The van der Waals surface area contributed by atoms with Crippen LogP contribution in [-0.2, 0) is 16.0 Å². The van der Waals surface area contributed by atoms with E-state index in [2.05, 4.69) is 45.3 Å². The van der Waals surface area contributed by atoms with Crippen LogP contribution in [0.5, 0.6) is 0 Å². The summed E-state index contributed by atoms with van der Waals surface area (Å²) in [5.74, 6) is -0.244. The predicted molar refractivity (Wildman–Crippen MR) is 136 cm³/mol. The molecule has 0 bridgehead atoms. The van der Waals surface area contributed by atoms with Crippen LogP contribution in [-0.4, -0.2) is 21.5 Å². The van der Waals surface area contributed by atoms with Gasteiger partial charge in [0.05, 0.1) is 10.6 Å². The molecule has 168 valence electrons. The molecule has 4 rings (SSSR count). The molecule has 7 heteroatoms. The number of amidine groups is 1. The van der Waals surface area contributed by atoms with E-state index in [1.165, 1.54) is 24.2 Å². The number of rotatable bonds is 5. The maximum Gasteiger partial charge on any atom is 0.264 e. The number of benzene rings is 2. The first-order valence-electron chi connectivity index (χ1n) is 10.8. The van der Waals surface area contributed by atoms with Crippen molar-refractivity contribution in [2.24, 2.45) is 4.99 Å². The van der Waals surface area contributed by atoms with Gasteiger partial charge in [-0.2, -0.15) is 0 Å². The highest BCUT2D eigenvalue weighted by Crippen LogP contribution is 2.31. The molecule has 1 fully saturated rings. The van der Waals surface area contributed by atoms with Gasteiger partial charge in [-0.3, -0.25) is 9.59 Å². The highest BCUT2D eigenvalue weighted by atomic mass is 32.2. The second-order valence-electron chi connectivity index (χ2n) is 7.89. The summed E-state index contributed by atoms with van der Waals surface area (Å²) in [4.78, 5) is 29.0. The van der Waals surface area contributed by atoms with Crippen LogP contribution in [0.1, 0.15) is 36.4 Å². The second-order valence-corrected chi connectivity index (χ2v) is 8.92. The fraction of sp³-hybridized carbons (Fsp3) is 0.192. The number of nitrogens with one attached hydrogen (secondary N) is 2. The molecule has 1 aromatic heterocycles. The minimum Gasteiger partial charge on any atom is -0.326 e. The molecule has 33 heavy (non-hydrogen) atoms. The van der Waals surface area contributed by atoms with Gasteiger partial charge in [-0.25, -0.2) is 4.99 Å². The van der Waals surface area contributed by atoms with Gasteiger partial charge in [-0.05, 0) is 91.7 Å². The molecule has 2 aromatic carbocycles. The second kappa shape index (κ2) is 9.50. The number of aliphatic imine (C=N–C) groups is 1. The Labute approximate surface area is 197 Å². The van der Waals surface area contributed by atoms with Crippen molar-refractivity contribution in [3.05, 3.63) is 82.0 Å². The van der Waals surface area contributed by atoms with Gasteiger partial charge in [0.1, 0.15) is 0 Å². The number of carbonyl (C=O) groups excluding carboxylic acids is 2. The molecule has 1 saturated heterocycles. The lowest BCUT2D eigenvalue weighted by atomic mass is 10.2. The van der Waals surface area contributed by atoms with Gasteiger partial charge in [0, 0.05) is 29.7 Å². The van der Waals surface area contributed by atoms with Gasteiger partial charge in [0.15, 0.2) is 5.17 Å². The van der Waals surface area contributed by atoms with Crippen LogP contribution in [0.25, 0.3) is 11.8 Å². The Balaban J connectivity index is 1.57. The third-order valence-electron chi connectivity index (χ3n) is 5.43. The van der Waals surface area contributed by atoms with Gasteiger partial charge >= 0.3 is 0 Å². The van der Waals surface area contributed by atoms with Gasteiger partial charge in [0.25, 0.3) is 5.91 Å². The molecule has 0 saturated carbocycles. The molecular weight excluding hydrogens is 432 g/mol. The minimum atomic E-state index is -0.145. The van der Waals surface area contributed by atoms with E-state index in [0.717, 1.165) is 40.4 Å². The summed E-state index contributed by atoms with van der Waals surface area (Å²) < 4.78 is 2.13. The Morgan fingerprint density at radius 2 is 1.82 bits per heavy atom. The van der Waals surface area contributed by atoms with Crippen molar-refractivity contribution in [1.29, 1.82) is 0 Å². The third-order valence-corrected chi connectivity index (χ3v) is 6.34. The van der Waals surface area contributed by atoms with Gasteiger partial charge < -0.3 is 15.2 Å². The Kier molecular flexibility index (Phi) is 6.51. The van der Waals surface area contributed by atoms with Crippen LogP contribution in [0.4, 0.5) is 11.4 Å². The van der Waals surface area contributed by atoms with E-state index < -0.39 is 0 Å². The zero-order chi connectivity index (χ0) is 23.5. The topological polar surface area (TPSA) is 75.5 Å². The highest BCUT2D eigenvalue weighted by Gasteiger charge is 2.24. The van der Waals surface area contributed by atoms with Crippen molar-refractivity contribution in [3.63, 3.8) is 0 Å². The Morgan fingerprint density at radius 1 is 1.12 bits per heavy atom. The summed E-state index contributed by atoms with van der Waals surface area (Å²) in [5, 5.41) is 6.22. The van der Waals surface area contributed by atoms with Crippen LogP contribution in [0.15, 0.2) is 64.5 Å². The highest BCUT2D eigenvalue weighted by molar-refractivity contribution is 8.18. The summed E-state index contributed by atoms with van der Waals surface area (Å²) in [6.45, 7) is 7.67. The number of hydrogen-bond acceptors (Lipinski definition) is 4. The minimum absolute atomic E-state index is 0.0989. The number of aromatic nitrogens is 1. The molecule has 0 radical (unpaired) electrons. The molecule has 0 unspecified atom stereocenters. The molecular formula is C26H26N4O2S. The summed E-state index contributed by atoms with van der Waals surface area (Å²) in [6.07, 6.45) is 2.89. The van der Waals surface area contributed by atoms with E-state index >= 15 is 0 Å². The quantitative estimate of drug-likeness (QED) is 0.495. The van der Waals surface area contributed by atoms with E-state index in [1.54, 1.807) is 0 Å². The number of carbonyl (C=O) groups is 2. The molecule has 0 aliphatic carbocycles. The first kappa shape index (κ1) is 22.6. The molecule has 2 amide bonds. The molecule has 0 spiro atoms. The predicted octanol–water partition coefficient (Wildman–Crippen LogP) is 5.51. The maximum absolute atomic E-state index is 12.6. The standard InChI is InChI=1S/C26H26N4O2S/c1-5-19-6-8-22(9-7-19)28-26-29-25(32)24(33-26)15-20-14-16(2)30(17(20)3)23-12-10-21(11-13-23)27-18(4)31/h6-15H,5H2,1-4H3,(H,27,31)(H,28,29,32)/b24-15-. The van der Waals surface area contributed by atoms with E-state index in [-0.39, 0.29) is 11.8 Å². The van der Waals surface area contributed by atoms with Crippen molar-refractivity contribution in [2.45, 2.75) is 34.1 Å². The lowest BCUT2D eigenvalue weighted by Gasteiger charge is -2.11. The fourth-order valence-corrected chi connectivity index (χ4v) is 4.61. The summed E-state index contributed by atoms with van der Waals surface area (Å²) >= 11 is 1.35. The SMILES string of the molecule is CCc1ccc(N=C2NC(=O)/C(=C/c3cc(C)n(-c4ccc(NC(C)=O)cc4)c3C)S2)cc1. The van der Waals surface area contributed by atoms with Gasteiger partial charge in [-0.1, -0.05) is 19.1 Å². The summed E-state index contributed by atoms with van der Waals surface area (Å²) in [7, 11) is 0. The lowest BCUT2D eigenvalue weighted by molar-refractivity contribution is -0.115. The molecule has 6 nitrogen and oxygen atoms in total. The summed E-state index contributed by atoms with van der Waals surface area (Å²) in [6, 6.07) is 17.8. The van der Waals surface area contributed by atoms with Crippen molar-refractivity contribution >= 4 is 46.2 Å². The van der Waals surface area contributed by atoms with Gasteiger partial charge in [0.2, 0.25) is 5.91 Å². The average Bonchev–Trinajstić information content (AvgIpc) is 3.27. The van der Waals surface area contributed by atoms with Gasteiger partial charge in [-0.15, -0.1) is 0 Å². The van der Waals surface area contributed by atoms with Crippen LogP contribution in [0.2, 0.25) is 0 Å². The van der Waals surface area contributed by atoms with E-state index in [9.17, 15) is 9.59 Å². The number of nitrogens with zero attached hydrogens (tertiary/aromatic N) is 2. The van der Waals surface area contributed by atoms with Crippen LogP contribution in [0.3, 0.4) is 0 Å². The zero-order valence-electron chi connectivity index (χ0n) is 19.1. The van der Waals surface area contributed by atoms with Crippen LogP contribution >= 0.6 is 11.8 Å². The van der Waals surface area contributed by atoms with Crippen LogP contribution in [0, 0.1) is 13.8 Å². The number of hydrogen-bond donors (Lipinski definition) is 2. The molecule has 3 aromatic rings. The number of amides is 2. The van der Waals surface area contributed by atoms with Crippen molar-refractivity contribution in [2.75, 3.05) is 5.32 Å². The first-order chi connectivity index (χ1) is 15.8. The smallest absolute Gasteiger partial charge is 0.264 e. The average molecular weight is 459 g/mol. The summed E-state index contributed by atoms with van der Waals surface area (Å²) in [5.41, 5.74) is 6.88. The first-order valence-corrected chi connectivity index (χ1v) is 11.6. The zero-order valence-corrected chi connectivity index (χ0v) is 19.9. The Morgan fingerprint density at radius 3 is 2.45 bits per heavy atom. The largest absolute Gasteiger partial charge is 0.326 e. The molecule has 0 atom stereocenters. The van der Waals surface area contributed by atoms with E-state index in [1.807, 2.05) is 56.3 Å². The fourth-order valence-electron chi connectivity index (χ4n) is 3.77. The van der Waals surface area contributed by atoms with E-state index in [4.69, 9.17) is 0 Å². The van der Waals surface area contributed by atoms with Crippen molar-refractivity contribution < 1.29 is 9.59 Å². The number of aryl methyl sites for hydroxylation is 2. The Hall–Kier alpha value is -3.58. The third kappa shape index (κ3) is 5.09. The molecule has 1 aliphatic rings. The maximum atomic E-state index is 12.6. The molecule has 1 aliphatic heterocycles. The Bertz CT molecular complexity index is 1270. The molecule has 2 heterocycles. The van der Waals surface area contributed by atoms with Crippen LogP contribution < -0.4 is 10.6 Å². The number of thioether (sulfide) groups is 1. The normalized spacial score (nSPS) is 15.8. The molecule has 2 N–H and O–H groups in total. The van der Waals surface area contributed by atoms with Crippen molar-refractivity contribution in [3.8, 4) is 5.69 Å². The monoisotopic (exact) mass is 458 g/mol. The number of anilines is 1.